The lowest BCUT2D eigenvalue weighted by molar-refractivity contribution is 0.0867. The van der Waals surface area contributed by atoms with Crippen LogP contribution in [0.25, 0.3) is 0 Å². The van der Waals surface area contributed by atoms with Gasteiger partial charge >= 0.3 is 0 Å². The molecule has 1 aromatic heterocycles. The van der Waals surface area contributed by atoms with Crippen LogP contribution >= 0.6 is 0 Å². The van der Waals surface area contributed by atoms with Crippen LogP contribution in [0, 0.1) is 0 Å². The van der Waals surface area contributed by atoms with E-state index in [1.54, 1.807) is 6.20 Å². The summed E-state index contributed by atoms with van der Waals surface area (Å²) in [5, 5.41) is 0. The first kappa shape index (κ1) is 11.8. The molecular formula is C17H15NO2. The van der Waals surface area contributed by atoms with Crippen LogP contribution in [0.2, 0.25) is 0 Å². The normalized spacial score (nSPS) is 28.0. The molecule has 1 aliphatic heterocycles. The summed E-state index contributed by atoms with van der Waals surface area (Å²) in [4.78, 5) is 17.2. The molecule has 1 aliphatic carbocycles. The first-order chi connectivity index (χ1) is 9.81. The van der Waals surface area contributed by atoms with E-state index in [1.807, 2.05) is 42.5 Å². The molecule has 2 heterocycles. The predicted molar refractivity (Wildman–Crippen MR) is 74.5 cm³/mol. The van der Waals surface area contributed by atoms with E-state index >= 15 is 0 Å². The molecule has 2 aromatic rings. The van der Waals surface area contributed by atoms with Gasteiger partial charge in [-0.15, -0.1) is 0 Å². The summed E-state index contributed by atoms with van der Waals surface area (Å²) >= 11 is 0. The zero-order valence-corrected chi connectivity index (χ0v) is 11.1. The van der Waals surface area contributed by atoms with Crippen LogP contribution in [0.5, 0.6) is 0 Å². The topological polar surface area (TPSA) is 42.5 Å². The Kier molecular flexibility index (Phi) is 2.51. The van der Waals surface area contributed by atoms with Crippen molar-refractivity contribution in [2.75, 3.05) is 0 Å². The number of nitrogens with zero attached hydrogens (tertiary/aromatic N) is 1. The molecule has 3 nitrogen and oxygen atoms in total. The molecule has 1 saturated heterocycles. The molecule has 1 spiro atoms. The number of hydrogen-bond acceptors (Lipinski definition) is 3. The number of rotatable bonds is 1. The molecule has 0 amide bonds. The van der Waals surface area contributed by atoms with Crippen molar-refractivity contribution in [3.63, 3.8) is 0 Å². The van der Waals surface area contributed by atoms with Crippen molar-refractivity contribution < 1.29 is 9.53 Å². The van der Waals surface area contributed by atoms with Crippen molar-refractivity contribution in [1.82, 2.24) is 4.98 Å². The van der Waals surface area contributed by atoms with Crippen LogP contribution in [-0.4, -0.2) is 16.4 Å². The van der Waals surface area contributed by atoms with Gasteiger partial charge in [-0.25, -0.2) is 0 Å². The second-order valence-corrected chi connectivity index (χ2v) is 5.48. The Morgan fingerprint density at radius 3 is 2.85 bits per heavy atom. The number of epoxide rings is 1. The second-order valence-electron chi connectivity index (χ2n) is 5.48. The lowest BCUT2D eigenvalue weighted by atomic mass is 9.90. The van der Waals surface area contributed by atoms with Crippen LogP contribution < -0.4 is 0 Å². The Balaban J connectivity index is 1.73. The molecule has 20 heavy (non-hydrogen) atoms. The summed E-state index contributed by atoms with van der Waals surface area (Å²) in [6.45, 7) is 0. The molecule has 0 bridgehead atoms. The number of aromatic nitrogens is 1. The first-order valence-electron chi connectivity index (χ1n) is 7.03. The number of ether oxygens (including phenoxy) is 1. The van der Waals surface area contributed by atoms with Crippen LogP contribution in [0.15, 0.2) is 48.7 Å². The monoisotopic (exact) mass is 265 g/mol. The largest absolute Gasteiger partial charge is 0.351 e. The minimum Gasteiger partial charge on any atom is -0.351 e. The third kappa shape index (κ3) is 1.63. The Hall–Kier alpha value is -2.00. The van der Waals surface area contributed by atoms with Gasteiger partial charge in [0.05, 0.1) is 5.69 Å². The van der Waals surface area contributed by atoms with Crippen molar-refractivity contribution in [1.29, 1.82) is 0 Å². The van der Waals surface area contributed by atoms with Gasteiger partial charge in [0.2, 0.25) is 0 Å². The second kappa shape index (κ2) is 4.25. The highest BCUT2D eigenvalue weighted by Crippen LogP contribution is 2.55. The highest BCUT2D eigenvalue weighted by molar-refractivity contribution is 6.06. The smallest absolute Gasteiger partial charge is 0.198 e. The molecule has 2 atom stereocenters. The Morgan fingerprint density at radius 1 is 1.15 bits per heavy atom. The number of aryl methyl sites for hydroxylation is 1. The van der Waals surface area contributed by atoms with E-state index in [-0.39, 0.29) is 11.9 Å². The standard InChI is InChI=1S/C17H15NO2/c19-15-13-8-2-1-6-12(13)7-5-10-17(15)16(20-17)14-9-3-4-11-18-14/h1-4,6,8-9,11,16H,5,7,10H2/t16-,17+/m1/s1. The van der Waals surface area contributed by atoms with E-state index in [4.69, 9.17) is 4.74 Å². The van der Waals surface area contributed by atoms with Crippen LogP contribution in [-0.2, 0) is 11.2 Å². The van der Waals surface area contributed by atoms with Gasteiger partial charge in [0.25, 0.3) is 0 Å². The molecular weight excluding hydrogens is 250 g/mol. The summed E-state index contributed by atoms with van der Waals surface area (Å²) in [5.41, 5.74) is 2.16. The maximum Gasteiger partial charge on any atom is 0.198 e. The molecule has 1 aromatic carbocycles. The van der Waals surface area contributed by atoms with Crippen LogP contribution in [0.3, 0.4) is 0 Å². The van der Waals surface area contributed by atoms with Gasteiger partial charge < -0.3 is 4.74 Å². The molecule has 3 heteroatoms. The zero-order chi connectivity index (χ0) is 13.6. The molecule has 0 saturated carbocycles. The molecule has 100 valence electrons. The maximum atomic E-state index is 12.9. The van der Waals surface area contributed by atoms with E-state index < -0.39 is 5.60 Å². The van der Waals surface area contributed by atoms with Crippen molar-refractivity contribution in [3.05, 3.63) is 65.5 Å². The maximum absolute atomic E-state index is 12.9. The number of benzene rings is 1. The summed E-state index contributed by atoms with van der Waals surface area (Å²) in [6, 6.07) is 13.6. The zero-order valence-electron chi connectivity index (χ0n) is 11.1. The fourth-order valence-corrected chi connectivity index (χ4v) is 3.21. The molecule has 0 N–H and O–H groups in total. The quantitative estimate of drug-likeness (QED) is 0.744. The van der Waals surface area contributed by atoms with E-state index in [1.165, 1.54) is 0 Å². The summed E-state index contributed by atoms with van der Waals surface area (Å²) in [5.74, 6) is 0.126. The number of hydrogen-bond donors (Lipinski definition) is 0. The number of carbonyl (C=O) groups excluding carboxylic acids is 1. The average molecular weight is 265 g/mol. The summed E-state index contributed by atoms with van der Waals surface area (Å²) < 4.78 is 5.87. The third-order valence-corrected chi connectivity index (χ3v) is 4.29. The molecule has 2 aliphatic rings. The van der Waals surface area contributed by atoms with Gasteiger partial charge in [0.15, 0.2) is 11.4 Å². The summed E-state index contributed by atoms with van der Waals surface area (Å²) in [7, 11) is 0. The molecule has 0 radical (unpaired) electrons. The predicted octanol–water partition coefficient (Wildman–Crippen LogP) is 3.11. The van der Waals surface area contributed by atoms with Gasteiger partial charge in [-0.05, 0) is 37.0 Å². The fourth-order valence-electron chi connectivity index (χ4n) is 3.21. The van der Waals surface area contributed by atoms with E-state index in [0.717, 1.165) is 36.1 Å². The number of carbonyl (C=O) groups is 1. The van der Waals surface area contributed by atoms with Crippen molar-refractivity contribution in [2.45, 2.75) is 31.0 Å². The van der Waals surface area contributed by atoms with Crippen LogP contribution in [0.1, 0.15) is 40.6 Å². The lowest BCUT2D eigenvalue weighted by Crippen LogP contribution is -2.25. The number of Topliss-reactive ketones (excluding diaryl/α,β-unsaturated/α-hetero) is 1. The van der Waals surface area contributed by atoms with Crippen molar-refractivity contribution >= 4 is 5.78 Å². The number of pyridine rings is 1. The minimum absolute atomic E-state index is 0.126. The highest BCUT2D eigenvalue weighted by atomic mass is 16.6. The minimum atomic E-state index is -0.666. The van der Waals surface area contributed by atoms with Gasteiger partial charge in [-0.2, -0.15) is 0 Å². The fraction of sp³-hybridized carbons (Fsp3) is 0.294. The SMILES string of the molecule is O=C1c2ccccc2CCC[C@]12O[C@@H]2c1ccccn1. The lowest BCUT2D eigenvalue weighted by Gasteiger charge is -2.09. The Morgan fingerprint density at radius 2 is 2.00 bits per heavy atom. The number of fused-ring (bicyclic) bond motifs is 1. The number of ketones is 1. The van der Waals surface area contributed by atoms with Gasteiger partial charge in [-0.3, -0.25) is 9.78 Å². The van der Waals surface area contributed by atoms with Crippen molar-refractivity contribution in [3.8, 4) is 0 Å². The highest BCUT2D eigenvalue weighted by Gasteiger charge is 2.63. The van der Waals surface area contributed by atoms with E-state index in [9.17, 15) is 4.79 Å². The molecule has 1 fully saturated rings. The van der Waals surface area contributed by atoms with Gasteiger partial charge in [-0.1, -0.05) is 30.3 Å². The van der Waals surface area contributed by atoms with Gasteiger partial charge in [0.1, 0.15) is 6.10 Å². The first-order valence-corrected chi connectivity index (χ1v) is 7.03. The average Bonchev–Trinajstić information content (AvgIpc) is 3.25. The van der Waals surface area contributed by atoms with Crippen LogP contribution in [0.4, 0.5) is 0 Å². The summed E-state index contributed by atoms with van der Waals surface area (Å²) in [6.07, 6.45) is 4.28. The van der Waals surface area contributed by atoms with Crippen molar-refractivity contribution in [2.24, 2.45) is 0 Å². The molecule has 4 rings (SSSR count). The van der Waals surface area contributed by atoms with Gasteiger partial charge in [0, 0.05) is 11.8 Å². The Bertz CT molecular complexity index is 668. The van der Waals surface area contributed by atoms with E-state index in [0.29, 0.717) is 0 Å². The van der Waals surface area contributed by atoms with E-state index in [2.05, 4.69) is 4.98 Å². The molecule has 0 unspecified atom stereocenters. The Labute approximate surface area is 117 Å². The third-order valence-electron chi connectivity index (χ3n) is 4.29.